The first kappa shape index (κ1) is 12.5. The highest BCUT2D eigenvalue weighted by Gasteiger charge is 2.17. The number of piperidine rings is 1. The van der Waals surface area contributed by atoms with Gasteiger partial charge in [0.1, 0.15) is 0 Å². The second kappa shape index (κ2) is 6.83. The van der Waals surface area contributed by atoms with Gasteiger partial charge in [-0.05, 0) is 44.8 Å². The van der Waals surface area contributed by atoms with Crippen LogP contribution in [-0.4, -0.2) is 36.9 Å². The summed E-state index contributed by atoms with van der Waals surface area (Å²) in [6.07, 6.45) is 4.63. The fraction of sp³-hybridized carbons (Fsp3) is 0.917. The normalized spacial score (nSPS) is 20.8. The number of nitrogens with zero attached hydrogens (tertiary/aromatic N) is 2. The van der Waals surface area contributed by atoms with Crippen molar-refractivity contribution < 1.29 is 0 Å². The summed E-state index contributed by atoms with van der Waals surface area (Å²) in [4.78, 5) is 6.97. The van der Waals surface area contributed by atoms with Gasteiger partial charge in [0.05, 0.1) is 5.84 Å². The number of hydrogen-bond donors (Lipinski definition) is 1. The number of likely N-dealkylation sites (tertiary alicyclic amines) is 1. The summed E-state index contributed by atoms with van der Waals surface area (Å²) in [5.41, 5.74) is 5.79. The van der Waals surface area contributed by atoms with E-state index in [0.717, 1.165) is 31.1 Å². The van der Waals surface area contributed by atoms with Crippen LogP contribution in [0.2, 0.25) is 0 Å². The van der Waals surface area contributed by atoms with Gasteiger partial charge >= 0.3 is 0 Å². The van der Waals surface area contributed by atoms with Crippen LogP contribution in [0.4, 0.5) is 0 Å². The maximum absolute atomic E-state index is 5.79. The standard InChI is InChI=1S/C12H25N3/c1-3-5-12(13)14-10-11-6-8-15(4-2)9-7-11/h11H,3-10H2,1-2H3,(H2,13,14). The van der Waals surface area contributed by atoms with Crippen molar-refractivity contribution in [3.05, 3.63) is 0 Å². The van der Waals surface area contributed by atoms with Crippen LogP contribution >= 0.6 is 0 Å². The zero-order valence-corrected chi connectivity index (χ0v) is 10.2. The lowest BCUT2D eigenvalue weighted by Crippen LogP contribution is -2.34. The van der Waals surface area contributed by atoms with Crippen LogP contribution in [-0.2, 0) is 0 Å². The lowest BCUT2D eigenvalue weighted by atomic mass is 9.97. The molecule has 0 atom stereocenters. The third kappa shape index (κ3) is 4.65. The van der Waals surface area contributed by atoms with E-state index in [1.807, 2.05) is 0 Å². The van der Waals surface area contributed by atoms with E-state index in [1.165, 1.54) is 32.5 Å². The Balaban J connectivity index is 2.21. The Kier molecular flexibility index (Phi) is 5.69. The molecule has 88 valence electrons. The highest BCUT2D eigenvalue weighted by Crippen LogP contribution is 2.16. The van der Waals surface area contributed by atoms with Gasteiger partial charge in [0, 0.05) is 13.0 Å². The topological polar surface area (TPSA) is 41.6 Å². The first-order valence-electron chi connectivity index (χ1n) is 6.27. The Hall–Kier alpha value is -0.570. The molecule has 0 saturated carbocycles. The molecule has 0 aromatic carbocycles. The molecule has 0 aromatic rings. The van der Waals surface area contributed by atoms with Gasteiger partial charge in [0.25, 0.3) is 0 Å². The molecule has 0 aliphatic carbocycles. The van der Waals surface area contributed by atoms with E-state index in [4.69, 9.17) is 5.73 Å². The Morgan fingerprint density at radius 3 is 2.53 bits per heavy atom. The second-order valence-electron chi connectivity index (χ2n) is 4.46. The maximum Gasteiger partial charge on any atom is 0.0937 e. The molecule has 0 radical (unpaired) electrons. The molecule has 0 unspecified atom stereocenters. The quantitative estimate of drug-likeness (QED) is 0.557. The van der Waals surface area contributed by atoms with Crippen molar-refractivity contribution >= 4 is 5.84 Å². The zero-order chi connectivity index (χ0) is 11.1. The third-order valence-corrected chi connectivity index (χ3v) is 3.21. The maximum atomic E-state index is 5.79. The number of nitrogens with two attached hydrogens (primary N) is 1. The van der Waals surface area contributed by atoms with Crippen LogP contribution in [0.15, 0.2) is 4.99 Å². The fourth-order valence-corrected chi connectivity index (χ4v) is 2.07. The van der Waals surface area contributed by atoms with Crippen LogP contribution < -0.4 is 5.73 Å². The molecule has 2 N–H and O–H groups in total. The first-order valence-corrected chi connectivity index (χ1v) is 6.27. The van der Waals surface area contributed by atoms with E-state index < -0.39 is 0 Å². The Morgan fingerprint density at radius 2 is 2.00 bits per heavy atom. The minimum Gasteiger partial charge on any atom is -0.387 e. The molecule has 1 rings (SSSR count). The monoisotopic (exact) mass is 211 g/mol. The van der Waals surface area contributed by atoms with Crippen molar-refractivity contribution in [1.29, 1.82) is 0 Å². The lowest BCUT2D eigenvalue weighted by molar-refractivity contribution is 0.196. The molecule has 0 amide bonds. The molecule has 1 fully saturated rings. The summed E-state index contributed by atoms with van der Waals surface area (Å²) in [6.45, 7) is 8.99. The summed E-state index contributed by atoms with van der Waals surface area (Å²) < 4.78 is 0. The molecule has 15 heavy (non-hydrogen) atoms. The summed E-state index contributed by atoms with van der Waals surface area (Å²) in [7, 11) is 0. The zero-order valence-electron chi connectivity index (χ0n) is 10.2. The minimum absolute atomic E-state index is 0.767. The Labute approximate surface area is 93.7 Å². The Morgan fingerprint density at radius 1 is 1.33 bits per heavy atom. The average molecular weight is 211 g/mol. The summed E-state index contributed by atoms with van der Waals surface area (Å²) >= 11 is 0. The summed E-state index contributed by atoms with van der Waals surface area (Å²) in [6, 6.07) is 0. The van der Waals surface area contributed by atoms with E-state index in [-0.39, 0.29) is 0 Å². The molecule has 0 spiro atoms. The molecule has 1 aliphatic heterocycles. The number of amidine groups is 1. The molecular weight excluding hydrogens is 186 g/mol. The number of aliphatic imine (C=N–C) groups is 1. The summed E-state index contributed by atoms with van der Waals surface area (Å²) in [5.74, 6) is 1.61. The molecule has 3 nitrogen and oxygen atoms in total. The van der Waals surface area contributed by atoms with Crippen molar-refractivity contribution in [3.63, 3.8) is 0 Å². The van der Waals surface area contributed by atoms with Crippen LogP contribution in [0.3, 0.4) is 0 Å². The third-order valence-electron chi connectivity index (χ3n) is 3.21. The van der Waals surface area contributed by atoms with Gasteiger partial charge in [0.2, 0.25) is 0 Å². The predicted octanol–water partition coefficient (Wildman–Crippen LogP) is 1.88. The van der Waals surface area contributed by atoms with Gasteiger partial charge in [-0.1, -0.05) is 13.8 Å². The van der Waals surface area contributed by atoms with Gasteiger partial charge in [-0.2, -0.15) is 0 Å². The van der Waals surface area contributed by atoms with Crippen molar-refractivity contribution in [1.82, 2.24) is 4.90 Å². The van der Waals surface area contributed by atoms with Crippen LogP contribution in [0.5, 0.6) is 0 Å². The van der Waals surface area contributed by atoms with E-state index in [9.17, 15) is 0 Å². The summed E-state index contributed by atoms with van der Waals surface area (Å²) in [5, 5.41) is 0. The molecular formula is C12H25N3. The number of rotatable bonds is 5. The smallest absolute Gasteiger partial charge is 0.0937 e. The fourth-order valence-electron chi connectivity index (χ4n) is 2.07. The van der Waals surface area contributed by atoms with Crippen molar-refractivity contribution in [2.24, 2.45) is 16.6 Å². The number of hydrogen-bond acceptors (Lipinski definition) is 2. The van der Waals surface area contributed by atoms with Gasteiger partial charge in [-0.3, -0.25) is 4.99 Å². The SMILES string of the molecule is CCCC(N)=NCC1CCN(CC)CC1. The Bertz CT molecular complexity index is 193. The van der Waals surface area contributed by atoms with Gasteiger partial charge in [-0.15, -0.1) is 0 Å². The van der Waals surface area contributed by atoms with E-state index in [1.54, 1.807) is 0 Å². The van der Waals surface area contributed by atoms with E-state index in [2.05, 4.69) is 23.7 Å². The van der Waals surface area contributed by atoms with Crippen LogP contribution in [0, 0.1) is 5.92 Å². The molecule has 1 heterocycles. The highest BCUT2D eigenvalue weighted by atomic mass is 15.1. The van der Waals surface area contributed by atoms with Crippen LogP contribution in [0.25, 0.3) is 0 Å². The van der Waals surface area contributed by atoms with Crippen molar-refractivity contribution in [2.75, 3.05) is 26.2 Å². The van der Waals surface area contributed by atoms with E-state index in [0.29, 0.717) is 0 Å². The average Bonchev–Trinajstić information content (AvgIpc) is 2.27. The largest absolute Gasteiger partial charge is 0.387 e. The van der Waals surface area contributed by atoms with Gasteiger partial charge < -0.3 is 10.6 Å². The molecule has 0 aromatic heterocycles. The van der Waals surface area contributed by atoms with Gasteiger partial charge in [0.15, 0.2) is 0 Å². The highest BCUT2D eigenvalue weighted by molar-refractivity contribution is 5.80. The molecule has 1 aliphatic rings. The second-order valence-corrected chi connectivity index (χ2v) is 4.46. The molecule has 0 bridgehead atoms. The van der Waals surface area contributed by atoms with Crippen LogP contribution in [0.1, 0.15) is 39.5 Å². The molecule has 1 saturated heterocycles. The van der Waals surface area contributed by atoms with Crippen molar-refractivity contribution in [2.45, 2.75) is 39.5 Å². The lowest BCUT2D eigenvalue weighted by Gasteiger charge is -2.30. The van der Waals surface area contributed by atoms with Crippen molar-refractivity contribution in [3.8, 4) is 0 Å². The first-order chi connectivity index (χ1) is 7.26. The molecule has 3 heteroatoms. The predicted molar refractivity (Wildman–Crippen MR) is 66.2 cm³/mol. The minimum atomic E-state index is 0.767. The van der Waals surface area contributed by atoms with Gasteiger partial charge in [-0.25, -0.2) is 0 Å². The van der Waals surface area contributed by atoms with E-state index >= 15 is 0 Å².